The summed E-state index contributed by atoms with van der Waals surface area (Å²) in [5.41, 5.74) is 1.35. The summed E-state index contributed by atoms with van der Waals surface area (Å²) in [4.78, 5) is 16.2. The summed E-state index contributed by atoms with van der Waals surface area (Å²) in [5.74, 6) is 1.52. The van der Waals surface area contributed by atoms with Gasteiger partial charge in [0.1, 0.15) is 35.6 Å². The molecule has 2 aliphatic rings. The molecular formula is C28H36ClFN6O2. The number of fused-ring (bicyclic) bond motifs is 1. The van der Waals surface area contributed by atoms with E-state index in [0.29, 0.717) is 23.9 Å². The first-order chi connectivity index (χ1) is 18.4. The number of hydrogen-bond donors (Lipinski definition) is 1. The fourth-order valence-electron chi connectivity index (χ4n) is 4.94. The zero-order valence-electron chi connectivity index (χ0n) is 22.1. The van der Waals surface area contributed by atoms with Crippen molar-refractivity contribution >= 4 is 34.0 Å². The molecule has 10 heteroatoms. The van der Waals surface area contributed by atoms with Gasteiger partial charge in [0.05, 0.1) is 22.5 Å². The van der Waals surface area contributed by atoms with Crippen LogP contribution in [-0.2, 0) is 0 Å². The van der Waals surface area contributed by atoms with Crippen LogP contribution in [0.15, 0.2) is 36.7 Å². The molecule has 3 aromatic rings. The number of anilines is 2. The fraction of sp³-hybridized carbons (Fsp3) is 0.500. The van der Waals surface area contributed by atoms with Gasteiger partial charge >= 0.3 is 0 Å². The number of piperazine rings is 1. The van der Waals surface area contributed by atoms with Crippen LogP contribution >= 0.6 is 11.6 Å². The van der Waals surface area contributed by atoms with E-state index in [2.05, 4.69) is 44.1 Å². The Bertz CT molecular complexity index is 1230. The van der Waals surface area contributed by atoms with Crippen molar-refractivity contribution in [3.8, 4) is 11.5 Å². The maximum atomic E-state index is 13.7. The molecule has 0 aliphatic carbocycles. The number of likely N-dealkylation sites (N-methyl/N-ethyl adjacent to an activating group) is 1. The number of aromatic nitrogens is 2. The Balaban J connectivity index is 1.36. The molecule has 2 fully saturated rings. The molecule has 0 bridgehead atoms. The molecule has 8 nitrogen and oxygen atoms in total. The van der Waals surface area contributed by atoms with Crippen molar-refractivity contribution in [1.29, 1.82) is 0 Å². The lowest BCUT2D eigenvalue weighted by atomic mass is 10.1. The van der Waals surface area contributed by atoms with Crippen LogP contribution in [-0.4, -0.2) is 97.3 Å². The molecule has 2 aliphatic heterocycles. The van der Waals surface area contributed by atoms with Crippen molar-refractivity contribution in [3.05, 3.63) is 47.5 Å². The van der Waals surface area contributed by atoms with E-state index in [-0.39, 0.29) is 11.1 Å². The van der Waals surface area contributed by atoms with E-state index in [0.717, 1.165) is 81.7 Å². The largest absolute Gasteiger partial charge is 0.493 e. The van der Waals surface area contributed by atoms with Gasteiger partial charge in [-0.1, -0.05) is 11.6 Å². The van der Waals surface area contributed by atoms with Gasteiger partial charge in [0.15, 0.2) is 0 Å². The molecule has 0 amide bonds. The van der Waals surface area contributed by atoms with Crippen molar-refractivity contribution in [3.63, 3.8) is 0 Å². The summed E-state index contributed by atoms with van der Waals surface area (Å²) in [6.07, 6.45) is 4.44. The van der Waals surface area contributed by atoms with Gasteiger partial charge in [-0.25, -0.2) is 14.4 Å². The van der Waals surface area contributed by atoms with Crippen molar-refractivity contribution in [1.82, 2.24) is 24.7 Å². The predicted octanol–water partition coefficient (Wildman–Crippen LogP) is 4.66. The molecule has 1 N–H and O–H groups in total. The van der Waals surface area contributed by atoms with Crippen LogP contribution in [0.2, 0.25) is 5.02 Å². The van der Waals surface area contributed by atoms with E-state index < -0.39 is 5.82 Å². The van der Waals surface area contributed by atoms with Gasteiger partial charge in [0, 0.05) is 63.6 Å². The lowest BCUT2D eigenvalue weighted by Gasteiger charge is -2.32. The monoisotopic (exact) mass is 542 g/mol. The molecule has 0 atom stereocenters. The highest BCUT2D eigenvalue weighted by molar-refractivity contribution is 6.31. The molecule has 0 saturated carbocycles. The molecule has 0 unspecified atom stereocenters. The summed E-state index contributed by atoms with van der Waals surface area (Å²) in [6.45, 7) is 8.06. The van der Waals surface area contributed by atoms with Crippen molar-refractivity contribution in [2.24, 2.45) is 0 Å². The minimum atomic E-state index is -0.467. The number of likely N-dealkylation sites (tertiary alicyclic amines) is 1. The third-order valence-electron chi connectivity index (χ3n) is 7.30. The Kier molecular flexibility index (Phi) is 8.79. The zero-order valence-corrected chi connectivity index (χ0v) is 22.9. The molecule has 3 heterocycles. The average Bonchev–Trinajstić information content (AvgIpc) is 2.91. The van der Waals surface area contributed by atoms with Gasteiger partial charge in [-0.15, -0.1) is 0 Å². The summed E-state index contributed by atoms with van der Waals surface area (Å²) < 4.78 is 26.5. The van der Waals surface area contributed by atoms with Gasteiger partial charge in [0.25, 0.3) is 0 Å². The van der Waals surface area contributed by atoms with Gasteiger partial charge in [0.2, 0.25) is 0 Å². The Hall–Kier alpha value is -2.72. The summed E-state index contributed by atoms with van der Waals surface area (Å²) in [7, 11) is 4.30. The smallest absolute Gasteiger partial charge is 0.145 e. The number of nitrogens with one attached hydrogen (secondary N) is 1. The SMILES string of the molecule is CN1CCC(Oc2cc(OCCCN3CCN(C)CC3)cc3ncnc(Nc4ccc(F)c(Cl)c4)c23)CC1. The Morgan fingerprint density at radius 3 is 2.53 bits per heavy atom. The van der Waals surface area contributed by atoms with Crippen LogP contribution in [0.4, 0.5) is 15.9 Å². The maximum absolute atomic E-state index is 13.7. The van der Waals surface area contributed by atoms with Crippen LogP contribution in [0.25, 0.3) is 10.9 Å². The highest BCUT2D eigenvalue weighted by Gasteiger charge is 2.22. The first-order valence-corrected chi connectivity index (χ1v) is 13.7. The number of hydrogen-bond acceptors (Lipinski definition) is 8. The first-order valence-electron chi connectivity index (χ1n) is 13.3. The Morgan fingerprint density at radius 1 is 1.00 bits per heavy atom. The quantitative estimate of drug-likeness (QED) is 0.392. The van der Waals surface area contributed by atoms with Crippen LogP contribution in [0, 0.1) is 5.82 Å². The predicted molar refractivity (Wildman–Crippen MR) is 149 cm³/mol. The van der Waals surface area contributed by atoms with E-state index in [1.165, 1.54) is 12.4 Å². The number of rotatable bonds is 9. The van der Waals surface area contributed by atoms with Gasteiger partial charge < -0.3 is 29.5 Å². The minimum Gasteiger partial charge on any atom is -0.493 e. The Labute approximate surface area is 228 Å². The fourth-order valence-corrected chi connectivity index (χ4v) is 5.12. The van der Waals surface area contributed by atoms with Gasteiger partial charge in [-0.2, -0.15) is 0 Å². The molecule has 5 rings (SSSR count). The molecule has 2 saturated heterocycles. The van der Waals surface area contributed by atoms with Gasteiger partial charge in [-0.3, -0.25) is 0 Å². The number of nitrogens with zero attached hydrogens (tertiary/aromatic N) is 5. The van der Waals surface area contributed by atoms with Crippen LogP contribution in [0.3, 0.4) is 0 Å². The summed E-state index contributed by atoms with van der Waals surface area (Å²) in [5, 5.41) is 4.08. The average molecular weight is 543 g/mol. The third-order valence-corrected chi connectivity index (χ3v) is 7.59. The van der Waals surface area contributed by atoms with Crippen LogP contribution < -0.4 is 14.8 Å². The second-order valence-electron chi connectivity index (χ2n) is 10.3. The topological polar surface area (TPSA) is 66.0 Å². The number of halogens is 2. The van der Waals surface area contributed by atoms with Crippen molar-refractivity contribution in [2.45, 2.75) is 25.4 Å². The normalized spacial score (nSPS) is 18.1. The van der Waals surface area contributed by atoms with Crippen LogP contribution in [0.1, 0.15) is 19.3 Å². The molecule has 1 aromatic heterocycles. The highest BCUT2D eigenvalue weighted by atomic mass is 35.5. The molecule has 0 radical (unpaired) electrons. The van der Waals surface area contributed by atoms with E-state index >= 15 is 0 Å². The zero-order chi connectivity index (χ0) is 26.5. The number of piperidine rings is 1. The molecule has 38 heavy (non-hydrogen) atoms. The standard InChI is InChI=1S/C28H36ClFN6O2/c1-34-9-6-21(7-10-34)38-26-18-22(37-15-3-8-36-13-11-35(2)12-14-36)17-25-27(26)28(32-19-31-25)33-20-4-5-24(30)23(29)16-20/h4-5,16-19,21H,3,6-15H2,1-2H3,(H,31,32,33). The van der Waals surface area contributed by atoms with Gasteiger partial charge in [-0.05, 0) is 51.6 Å². The minimum absolute atomic E-state index is 0.0448. The Morgan fingerprint density at radius 2 is 1.76 bits per heavy atom. The van der Waals surface area contributed by atoms with E-state index in [1.54, 1.807) is 12.1 Å². The summed E-state index contributed by atoms with van der Waals surface area (Å²) >= 11 is 6.01. The second kappa shape index (κ2) is 12.4. The molecular weight excluding hydrogens is 507 g/mol. The van der Waals surface area contributed by atoms with E-state index in [9.17, 15) is 4.39 Å². The lowest BCUT2D eigenvalue weighted by Crippen LogP contribution is -2.44. The maximum Gasteiger partial charge on any atom is 0.145 e. The van der Waals surface area contributed by atoms with E-state index in [4.69, 9.17) is 21.1 Å². The van der Waals surface area contributed by atoms with Crippen molar-refractivity contribution < 1.29 is 13.9 Å². The molecule has 0 spiro atoms. The number of ether oxygens (including phenoxy) is 2. The van der Waals surface area contributed by atoms with Crippen LogP contribution in [0.5, 0.6) is 11.5 Å². The second-order valence-corrected chi connectivity index (χ2v) is 10.7. The summed E-state index contributed by atoms with van der Waals surface area (Å²) in [6, 6.07) is 8.38. The molecule has 2 aromatic carbocycles. The lowest BCUT2D eigenvalue weighted by molar-refractivity contribution is 0.115. The molecule has 204 valence electrons. The third kappa shape index (κ3) is 6.83. The first kappa shape index (κ1) is 26.9. The van der Waals surface area contributed by atoms with E-state index in [1.807, 2.05) is 12.1 Å². The van der Waals surface area contributed by atoms with Crippen molar-refractivity contribution in [2.75, 3.05) is 71.8 Å². The highest BCUT2D eigenvalue weighted by Crippen LogP contribution is 2.37. The number of benzene rings is 2.